The molecule has 1 saturated heterocycles. The molecule has 0 amide bonds. The molecule has 19 heavy (non-hydrogen) atoms. The fourth-order valence-corrected chi connectivity index (χ4v) is 3.96. The van der Waals surface area contributed by atoms with Gasteiger partial charge in [-0.1, -0.05) is 43.2 Å². The molecule has 0 spiro atoms. The number of nitrogens with zero attached hydrogens (tertiary/aromatic N) is 1. The third-order valence-electron chi connectivity index (χ3n) is 4.95. The van der Waals surface area contributed by atoms with Gasteiger partial charge in [0.2, 0.25) is 0 Å². The molecule has 3 unspecified atom stereocenters. The van der Waals surface area contributed by atoms with Gasteiger partial charge in [-0.15, -0.1) is 0 Å². The molecule has 3 rings (SSSR count). The predicted molar refractivity (Wildman–Crippen MR) is 78.0 cm³/mol. The van der Waals surface area contributed by atoms with Crippen LogP contribution in [0.5, 0.6) is 0 Å². The molecule has 0 aromatic heterocycles. The van der Waals surface area contributed by atoms with Crippen LogP contribution in [0.4, 0.5) is 0 Å². The summed E-state index contributed by atoms with van der Waals surface area (Å²) in [5.41, 5.74) is 1.06. The van der Waals surface area contributed by atoms with Crippen LogP contribution in [-0.2, 0) is 0 Å². The lowest BCUT2D eigenvalue weighted by Gasteiger charge is -2.44. The van der Waals surface area contributed by atoms with Crippen LogP contribution in [0.2, 0.25) is 0 Å². The highest BCUT2D eigenvalue weighted by molar-refractivity contribution is 5.17. The third-order valence-corrected chi connectivity index (χ3v) is 4.95. The molecule has 2 nitrogen and oxygen atoms in total. The minimum absolute atomic E-state index is 0.332. The average molecular weight is 259 g/mol. The van der Waals surface area contributed by atoms with E-state index in [0.717, 1.165) is 24.1 Å². The average Bonchev–Trinajstić information content (AvgIpc) is 2.48. The summed E-state index contributed by atoms with van der Waals surface area (Å²) in [6.45, 7) is 1.98. The molecule has 1 aliphatic heterocycles. The first kappa shape index (κ1) is 13.1. The van der Waals surface area contributed by atoms with Gasteiger partial charge in [0.1, 0.15) is 0 Å². The van der Waals surface area contributed by atoms with Crippen LogP contribution in [0.25, 0.3) is 0 Å². The maximum absolute atomic E-state index is 10.4. The number of piperidine rings is 1. The standard InChI is InChI=1S/C17H25NO/c19-17(15-8-2-1-3-9-15)13-18-12-6-10-14-7-4-5-11-16(14)18/h1-3,8-9,14,16-17,19H,4-7,10-13H2. The Balaban J connectivity index is 1.65. The molecule has 104 valence electrons. The SMILES string of the molecule is OC(CN1CCCC2CCCCC21)c1ccccc1. The molecule has 1 saturated carbocycles. The number of likely N-dealkylation sites (tertiary alicyclic amines) is 1. The summed E-state index contributed by atoms with van der Waals surface area (Å²) in [6, 6.07) is 10.8. The van der Waals surface area contributed by atoms with Gasteiger partial charge in [0.15, 0.2) is 0 Å². The highest BCUT2D eigenvalue weighted by Gasteiger charge is 2.33. The normalized spacial score (nSPS) is 29.7. The summed E-state index contributed by atoms with van der Waals surface area (Å²) in [5.74, 6) is 0.894. The number of hydrogen-bond acceptors (Lipinski definition) is 2. The predicted octanol–water partition coefficient (Wildman–Crippen LogP) is 3.37. The largest absolute Gasteiger partial charge is 0.387 e. The molecule has 3 atom stereocenters. The molecule has 0 radical (unpaired) electrons. The van der Waals surface area contributed by atoms with Crippen LogP contribution in [-0.4, -0.2) is 29.1 Å². The number of rotatable bonds is 3. The Labute approximate surface area is 116 Å². The van der Waals surface area contributed by atoms with Gasteiger partial charge < -0.3 is 5.11 Å². The van der Waals surface area contributed by atoms with Crippen LogP contribution in [0, 0.1) is 5.92 Å². The fraction of sp³-hybridized carbons (Fsp3) is 0.647. The first-order chi connectivity index (χ1) is 9.34. The van der Waals surface area contributed by atoms with E-state index in [1.807, 2.05) is 30.3 Å². The van der Waals surface area contributed by atoms with E-state index in [2.05, 4.69) is 4.90 Å². The maximum Gasteiger partial charge on any atom is 0.0917 e. The third kappa shape index (κ3) is 3.01. The topological polar surface area (TPSA) is 23.5 Å². The van der Waals surface area contributed by atoms with Crippen LogP contribution in [0.1, 0.15) is 50.2 Å². The summed E-state index contributed by atoms with van der Waals surface area (Å²) >= 11 is 0. The summed E-state index contributed by atoms with van der Waals surface area (Å²) in [4.78, 5) is 2.56. The Kier molecular flexibility index (Phi) is 4.19. The number of hydrogen-bond donors (Lipinski definition) is 1. The number of fused-ring (bicyclic) bond motifs is 1. The number of benzene rings is 1. The van der Waals surface area contributed by atoms with Crippen LogP contribution in [0.15, 0.2) is 30.3 Å². The second-order valence-corrected chi connectivity index (χ2v) is 6.18. The second-order valence-electron chi connectivity index (χ2n) is 6.18. The van der Waals surface area contributed by atoms with Crippen molar-refractivity contribution in [2.45, 2.75) is 50.7 Å². The fourth-order valence-electron chi connectivity index (χ4n) is 3.96. The van der Waals surface area contributed by atoms with Crippen molar-refractivity contribution in [2.24, 2.45) is 5.92 Å². The van der Waals surface area contributed by atoms with Gasteiger partial charge >= 0.3 is 0 Å². The molecular formula is C17H25NO. The smallest absolute Gasteiger partial charge is 0.0917 e. The molecule has 0 bridgehead atoms. The number of aliphatic hydroxyl groups is 1. The first-order valence-electron chi connectivity index (χ1n) is 7.81. The molecule has 1 aliphatic carbocycles. The van der Waals surface area contributed by atoms with E-state index in [-0.39, 0.29) is 6.10 Å². The van der Waals surface area contributed by atoms with Crippen LogP contribution in [0.3, 0.4) is 0 Å². The van der Waals surface area contributed by atoms with Crippen molar-refractivity contribution in [1.82, 2.24) is 4.90 Å². The molecule has 1 heterocycles. The van der Waals surface area contributed by atoms with Gasteiger partial charge in [0.25, 0.3) is 0 Å². The van der Waals surface area contributed by atoms with Gasteiger partial charge in [-0.25, -0.2) is 0 Å². The van der Waals surface area contributed by atoms with E-state index < -0.39 is 0 Å². The highest BCUT2D eigenvalue weighted by Crippen LogP contribution is 2.35. The first-order valence-corrected chi connectivity index (χ1v) is 7.81. The monoisotopic (exact) mass is 259 g/mol. The number of aliphatic hydroxyl groups excluding tert-OH is 1. The van der Waals surface area contributed by atoms with E-state index in [0.29, 0.717) is 0 Å². The Bertz CT molecular complexity index is 390. The summed E-state index contributed by atoms with van der Waals surface area (Å²) in [6.07, 6.45) is 7.91. The summed E-state index contributed by atoms with van der Waals surface area (Å²) in [7, 11) is 0. The van der Waals surface area contributed by atoms with Crippen molar-refractivity contribution in [3.05, 3.63) is 35.9 Å². The minimum atomic E-state index is -0.332. The Morgan fingerprint density at radius 3 is 2.63 bits per heavy atom. The molecule has 1 aromatic carbocycles. The molecular weight excluding hydrogens is 234 g/mol. The molecule has 2 fully saturated rings. The summed E-state index contributed by atoms with van der Waals surface area (Å²) < 4.78 is 0. The zero-order valence-electron chi connectivity index (χ0n) is 11.7. The Morgan fingerprint density at radius 2 is 1.79 bits per heavy atom. The van der Waals surface area contributed by atoms with Gasteiger partial charge in [-0.3, -0.25) is 4.90 Å². The van der Waals surface area contributed by atoms with Gasteiger partial charge in [0, 0.05) is 12.6 Å². The van der Waals surface area contributed by atoms with Gasteiger partial charge in [-0.2, -0.15) is 0 Å². The lowest BCUT2D eigenvalue weighted by molar-refractivity contribution is 0.0205. The van der Waals surface area contributed by atoms with Crippen LogP contribution >= 0.6 is 0 Å². The van der Waals surface area contributed by atoms with Crippen molar-refractivity contribution in [1.29, 1.82) is 0 Å². The molecule has 1 N–H and O–H groups in total. The van der Waals surface area contributed by atoms with E-state index in [1.165, 1.54) is 45.1 Å². The van der Waals surface area contributed by atoms with Crippen molar-refractivity contribution in [2.75, 3.05) is 13.1 Å². The quantitative estimate of drug-likeness (QED) is 0.899. The molecule has 2 heteroatoms. The zero-order valence-corrected chi connectivity index (χ0v) is 11.7. The second kappa shape index (κ2) is 6.06. The summed E-state index contributed by atoms with van der Waals surface area (Å²) in [5, 5.41) is 10.4. The number of β-amino-alcohol motifs (C(OH)–C–C–N with tert-alkyl or cyclic N) is 1. The zero-order chi connectivity index (χ0) is 13.1. The van der Waals surface area contributed by atoms with Gasteiger partial charge in [0.05, 0.1) is 6.10 Å². The van der Waals surface area contributed by atoms with E-state index in [9.17, 15) is 5.11 Å². The maximum atomic E-state index is 10.4. The van der Waals surface area contributed by atoms with Crippen molar-refractivity contribution >= 4 is 0 Å². The Morgan fingerprint density at radius 1 is 1.05 bits per heavy atom. The molecule has 2 aliphatic rings. The highest BCUT2D eigenvalue weighted by atomic mass is 16.3. The Hall–Kier alpha value is -0.860. The van der Waals surface area contributed by atoms with Crippen LogP contribution < -0.4 is 0 Å². The molecule has 1 aromatic rings. The van der Waals surface area contributed by atoms with Crippen molar-refractivity contribution in [3.8, 4) is 0 Å². The van der Waals surface area contributed by atoms with E-state index in [1.54, 1.807) is 0 Å². The van der Waals surface area contributed by atoms with Crippen molar-refractivity contribution in [3.63, 3.8) is 0 Å². The van der Waals surface area contributed by atoms with E-state index in [4.69, 9.17) is 0 Å². The minimum Gasteiger partial charge on any atom is -0.387 e. The van der Waals surface area contributed by atoms with E-state index >= 15 is 0 Å². The lowest BCUT2D eigenvalue weighted by Crippen LogP contribution is -2.48. The van der Waals surface area contributed by atoms with Gasteiger partial charge in [-0.05, 0) is 43.7 Å². The lowest BCUT2D eigenvalue weighted by atomic mass is 9.78. The van der Waals surface area contributed by atoms with Crippen molar-refractivity contribution < 1.29 is 5.11 Å².